The van der Waals surface area contributed by atoms with Crippen LogP contribution in [0.15, 0.2) is 40.8 Å². The van der Waals surface area contributed by atoms with Crippen LogP contribution in [0.25, 0.3) is 22.6 Å². The lowest BCUT2D eigenvalue weighted by molar-refractivity contribution is 0.453. The predicted octanol–water partition coefficient (Wildman–Crippen LogP) is 2.61. The van der Waals surface area contributed by atoms with Gasteiger partial charge < -0.3 is 19.7 Å². The van der Waals surface area contributed by atoms with Crippen LogP contribution in [0, 0.1) is 0 Å². The molecule has 0 saturated carbocycles. The van der Waals surface area contributed by atoms with E-state index in [2.05, 4.69) is 4.98 Å². The highest BCUT2D eigenvalue weighted by molar-refractivity contribution is 5.83. The van der Waals surface area contributed by atoms with Crippen molar-refractivity contribution in [2.45, 2.75) is 0 Å². The lowest BCUT2D eigenvalue weighted by Gasteiger charge is -1.94. The standard InChI is InChI=1S/C13H9NO4/c15-8-3-1-7(2-4-8)13-14-12-10(17)5-9(16)6-11(12)18-13/h1-6,15-17H. The molecule has 3 N–H and O–H groups in total. The molecule has 2 aromatic carbocycles. The van der Waals surface area contributed by atoms with Crippen molar-refractivity contribution in [2.24, 2.45) is 0 Å². The number of phenolic OH excluding ortho intramolecular Hbond substituents is 3. The summed E-state index contributed by atoms with van der Waals surface area (Å²) in [5, 5.41) is 28.2. The number of benzene rings is 2. The van der Waals surface area contributed by atoms with Gasteiger partial charge in [0.15, 0.2) is 11.1 Å². The average Bonchev–Trinajstić information content (AvgIpc) is 2.74. The monoisotopic (exact) mass is 243 g/mol. The summed E-state index contributed by atoms with van der Waals surface area (Å²) in [6, 6.07) is 8.91. The average molecular weight is 243 g/mol. The Balaban J connectivity index is 2.19. The van der Waals surface area contributed by atoms with E-state index in [1.165, 1.54) is 24.3 Å². The maximum atomic E-state index is 9.63. The van der Waals surface area contributed by atoms with Gasteiger partial charge in [-0.05, 0) is 24.3 Å². The van der Waals surface area contributed by atoms with Crippen molar-refractivity contribution >= 4 is 11.1 Å². The van der Waals surface area contributed by atoms with Crippen LogP contribution in [0.3, 0.4) is 0 Å². The van der Waals surface area contributed by atoms with Gasteiger partial charge in [0.1, 0.15) is 17.2 Å². The fraction of sp³-hybridized carbons (Fsp3) is 0. The van der Waals surface area contributed by atoms with Crippen LogP contribution in [-0.2, 0) is 0 Å². The van der Waals surface area contributed by atoms with Gasteiger partial charge in [0.2, 0.25) is 5.89 Å². The third kappa shape index (κ3) is 1.62. The summed E-state index contributed by atoms with van der Waals surface area (Å²) in [6.07, 6.45) is 0. The van der Waals surface area contributed by atoms with Crippen LogP contribution in [0.1, 0.15) is 0 Å². The number of fused-ring (bicyclic) bond motifs is 1. The van der Waals surface area contributed by atoms with E-state index in [1.807, 2.05) is 0 Å². The number of hydrogen-bond acceptors (Lipinski definition) is 5. The highest BCUT2D eigenvalue weighted by atomic mass is 16.4. The maximum Gasteiger partial charge on any atom is 0.227 e. The lowest BCUT2D eigenvalue weighted by Crippen LogP contribution is -1.76. The first-order valence-electron chi connectivity index (χ1n) is 5.25. The summed E-state index contributed by atoms with van der Waals surface area (Å²) in [5.74, 6) is 0.230. The SMILES string of the molecule is Oc1ccc(-c2nc3c(O)cc(O)cc3o2)cc1. The Bertz CT molecular complexity index is 716. The minimum absolute atomic E-state index is 0.0894. The smallest absolute Gasteiger partial charge is 0.227 e. The molecule has 18 heavy (non-hydrogen) atoms. The molecule has 0 atom stereocenters. The minimum Gasteiger partial charge on any atom is -0.508 e. The molecule has 0 radical (unpaired) electrons. The fourth-order valence-electron chi connectivity index (χ4n) is 1.73. The molecule has 0 saturated heterocycles. The van der Waals surface area contributed by atoms with Crippen LogP contribution in [0.2, 0.25) is 0 Å². The number of phenols is 3. The van der Waals surface area contributed by atoms with Crippen molar-refractivity contribution in [1.82, 2.24) is 4.98 Å². The van der Waals surface area contributed by atoms with Gasteiger partial charge in [0.25, 0.3) is 0 Å². The Morgan fingerprint density at radius 3 is 2.33 bits per heavy atom. The molecule has 0 fully saturated rings. The Kier molecular flexibility index (Phi) is 2.13. The summed E-state index contributed by atoms with van der Waals surface area (Å²) in [5.41, 5.74) is 1.26. The molecule has 90 valence electrons. The second kappa shape index (κ2) is 3.66. The molecule has 0 aliphatic heterocycles. The molecule has 3 rings (SSSR count). The van der Waals surface area contributed by atoms with Crippen molar-refractivity contribution in [1.29, 1.82) is 0 Å². The van der Waals surface area contributed by atoms with Crippen LogP contribution in [0.4, 0.5) is 0 Å². The summed E-state index contributed by atoms with van der Waals surface area (Å²) in [4.78, 5) is 4.14. The number of hydrogen-bond donors (Lipinski definition) is 3. The number of aromatic nitrogens is 1. The summed E-state index contributed by atoms with van der Waals surface area (Å²) in [7, 11) is 0. The molecule has 3 aromatic rings. The Hall–Kier alpha value is -2.69. The van der Waals surface area contributed by atoms with Crippen molar-refractivity contribution in [3.63, 3.8) is 0 Å². The van der Waals surface area contributed by atoms with Crippen molar-refractivity contribution < 1.29 is 19.7 Å². The molecule has 0 amide bonds. The van der Waals surface area contributed by atoms with E-state index in [-0.39, 0.29) is 22.8 Å². The zero-order valence-corrected chi connectivity index (χ0v) is 9.16. The predicted molar refractivity (Wildman–Crippen MR) is 64.4 cm³/mol. The maximum absolute atomic E-state index is 9.63. The molecular formula is C13H9NO4. The normalized spacial score (nSPS) is 10.9. The van der Waals surface area contributed by atoms with E-state index in [0.717, 1.165) is 0 Å². The molecule has 1 aromatic heterocycles. The second-order valence-corrected chi connectivity index (χ2v) is 3.88. The molecular weight excluding hydrogens is 234 g/mol. The zero-order chi connectivity index (χ0) is 12.7. The molecule has 0 spiro atoms. The molecule has 5 nitrogen and oxygen atoms in total. The first kappa shape index (κ1) is 10.5. The van der Waals surface area contributed by atoms with Gasteiger partial charge in [-0.15, -0.1) is 0 Å². The third-order valence-corrected chi connectivity index (χ3v) is 2.57. The van der Waals surface area contributed by atoms with Crippen molar-refractivity contribution in [3.05, 3.63) is 36.4 Å². The van der Waals surface area contributed by atoms with Gasteiger partial charge in [0.05, 0.1) is 0 Å². The van der Waals surface area contributed by atoms with E-state index >= 15 is 0 Å². The zero-order valence-electron chi connectivity index (χ0n) is 9.16. The molecule has 1 heterocycles. The minimum atomic E-state index is -0.140. The first-order valence-corrected chi connectivity index (χ1v) is 5.25. The van der Waals surface area contributed by atoms with Gasteiger partial charge in [0, 0.05) is 17.7 Å². The Morgan fingerprint density at radius 1 is 0.889 bits per heavy atom. The van der Waals surface area contributed by atoms with Crippen molar-refractivity contribution in [2.75, 3.05) is 0 Å². The molecule has 0 aliphatic rings. The largest absolute Gasteiger partial charge is 0.508 e. The van der Waals surface area contributed by atoms with E-state index in [1.54, 1.807) is 12.1 Å². The van der Waals surface area contributed by atoms with Gasteiger partial charge in [-0.25, -0.2) is 4.98 Å². The molecule has 5 heteroatoms. The van der Waals surface area contributed by atoms with Gasteiger partial charge >= 0.3 is 0 Å². The Morgan fingerprint density at radius 2 is 1.61 bits per heavy atom. The Labute approximate surface area is 102 Å². The highest BCUT2D eigenvalue weighted by Crippen LogP contribution is 2.33. The first-order chi connectivity index (χ1) is 8.63. The van der Waals surface area contributed by atoms with Gasteiger partial charge in [-0.2, -0.15) is 0 Å². The quantitative estimate of drug-likeness (QED) is 0.611. The summed E-state index contributed by atoms with van der Waals surface area (Å²) in [6.45, 7) is 0. The topological polar surface area (TPSA) is 86.7 Å². The summed E-state index contributed by atoms with van der Waals surface area (Å²) < 4.78 is 5.44. The van der Waals surface area contributed by atoms with Crippen LogP contribution < -0.4 is 0 Å². The van der Waals surface area contributed by atoms with E-state index in [4.69, 9.17) is 4.42 Å². The van der Waals surface area contributed by atoms with Gasteiger partial charge in [-0.1, -0.05) is 0 Å². The molecule has 0 unspecified atom stereocenters. The lowest BCUT2D eigenvalue weighted by atomic mass is 10.2. The van der Waals surface area contributed by atoms with E-state index < -0.39 is 0 Å². The number of rotatable bonds is 1. The fourth-order valence-corrected chi connectivity index (χ4v) is 1.73. The van der Waals surface area contributed by atoms with Crippen LogP contribution in [0.5, 0.6) is 17.2 Å². The van der Waals surface area contributed by atoms with E-state index in [9.17, 15) is 15.3 Å². The molecule has 0 aliphatic carbocycles. The summed E-state index contributed by atoms with van der Waals surface area (Å²) >= 11 is 0. The number of aromatic hydroxyl groups is 3. The number of nitrogens with zero attached hydrogens (tertiary/aromatic N) is 1. The van der Waals surface area contributed by atoms with Crippen LogP contribution in [-0.4, -0.2) is 20.3 Å². The third-order valence-electron chi connectivity index (χ3n) is 2.57. The van der Waals surface area contributed by atoms with Crippen molar-refractivity contribution in [3.8, 4) is 28.7 Å². The second-order valence-electron chi connectivity index (χ2n) is 3.88. The van der Waals surface area contributed by atoms with E-state index in [0.29, 0.717) is 17.0 Å². The number of oxazole rings is 1. The molecule has 0 bridgehead atoms. The van der Waals surface area contributed by atoms with Gasteiger partial charge in [-0.3, -0.25) is 0 Å². The highest BCUT2D eigenvalue weighted by Gasteiger charge is 2.12. The van der Waals surface area contributed by atoms with Crippen LogP contribution >= 0.6 is 0 Å².